The zero-order valence-electron chi connectivity index (χ0n) is 12.8. The summed E-state index contributed by atoms with van der Waals surface area (Å²) in [6.07, 6.45) is 5.39. The molecule has 1 aromatic heterocycles. The number of nitrogens with zero attached hydrogens (tertiary/aromatic N) is 2. The molecular weight excluding hydrogens is 346 g/mol. The third-order valence-corrected chi connectivity index (χ3v) is 5.21. The van der Waals surface area contributed by atoms with Gasteiger partial charge in [0.2, 0.25) is 10.0 Å². The molecule has 0 amide bonds. The van der Waals surface area contributed by atoms with E-state index >= 15 is 0 Å². The van der Waals surface area contributed by atoms with Crippen LogP contribution < -0.4 is 4.72 Å². The first kappa shape index (κ1) is 16.7. The van der Waals surface area contributed by atoms with Crippen LogP contribution in [0.2, 0.25) is 5.02 Å². The third-order valence-electron chi connectivity index (χ3n) is 3.54. The summed E-state index contributed by atoms with van der Waals surface area (Å²) < 4.78 is 29.0. The van der Waals surface area contributed by atoms with E-state index in [1.54, 1.807) is 24.7 Å². The van der Waals surface area contributed by atoms with Gasteiger partial charge in [-0.25, -0.2) is 18.1 Å². The van der Waals surface area contributed by atoms with Gasteiger partial charge in [-0.1, -0.05) is 35.9 Å². The van der Waals surface area contributed by atoms with Crippen molar-refractivity contribution in [2.75, 3.05) is 0 Å². The standard InChI is InChI=1S/C17H16ClN3O2S/c18-16-5-7-17(8-6-16)24(22,23)20-11-14-1-3-15(4-2-14)12-21-10-9-19-13-21/h1-10,13,20H,11-12H2. The van der Waals surface area contributed by atoms with Crippen molar-refractivity contribution >= 4 is 21.6 Å². The van der Waals surface area contributed by atoms with Gasteiger partial charge in [0.15, 0.2) is 0 Å². The molecule has 3 rings (SSSR count). The molecule has 0 atom stereocenters. The molecule has 24 heavy (non-hydrogen) atoms. The Kier molecular flexibility index (Phi) is 4.99. The van der Waals surface area contributed by atoms with Crippen LogP contribution in [0.5, 0.6) is 0 Å². The second-order valence-electron chi connectivity index (χ2n) is 5.33. The Balaban J connectivity index is 1.62. The number of benzene rings is 2. The van der Waals surface area contributed by atoms with Gasteiger partial charge in [0.05, 0.1) is 11.2 Å². The molecule has 0 radical (unpaired) electrons. The number of hydrogen-bond donors (Lipinski definition) is 1. The summed E-state index contributed by atoms with van der Waals surface area (Å²) in [5.41, 5.74) is 2.01. The van der Waals surface area contributed by atoms with E-state index in [9.17, 15) is 8.42 Å². The van der Waals surface area contributed by atoms with Gasteiger partial charge in [0.1, 0.15) is 0 Å². The van der Waals surface area contributed by atoms with Gasteiger partial charge < -0.3 is 4.57 Å². The highest BCUT2D eigenvalue weighted by Crippen LogP contribution is 2.14. The third kappa shape index (κ3) is 4.23. The Bertz CT molecular complexity index is 890. The topological polar surface area (TPSA) is 64.0 Å². The summed E-state index contributed by atoms with van der Waals surface area (Å²) in [4.78, 5) is 4.20. The lowest BCUT2D eigenvalue weighted by atomic mass is 10.1. The molecule has 5 nitrogen and oxygen atoms in total. The first-order valence-electron chi connectivity index (χ1n) is 7.32. The molecule has 3 aromatic rings. The number of nitrogens with one attached hydrogen (secondary N) is 1. The van der Waals surface area contributed by atoms with Crippen LogP contribution >= 0.6 is 11.6 Å². The van der Waals surface area contributed by atoms with Gasteiger partial charge in [-0.3, -0.25) is 0 Å². The van der Waals surface area contributed by atoms with E-state index in [1.807, 2.05) is 35.0 Å². The van der Waals surface area contributed by atoms with Crippen LogP contribution in [0.3, 0.4) is 0 Å². The Labute approximate surface area is 146 Å². The van der Waals surface area contributed by atoms with Crippen LogP contribution in [-0.2, 0) is 23.1 Å². The fourth-order valence-corrected chi connectivity index (χ4v) is 3.37. The smallest absolute Gasteiger partial charge is 0.240 e. The predicted octanol–water partition coefficient (Wildman–Crippen LogP) is 3.06. The average molecular weight is 362 g/mol. The maximum Gasteiger partial charge on any atom is 0.240 e. The fraction of sp³-hybridized carbons (Fsp3) is 0.118. The molecule has 1 heterocycles. The summed E-state index contributed by atoms with van der Waals surface area (Å²) in [6.45, 7) is 0.965. The van der Waals surface area contributed by atoms with Crippen molar-refractivity contribution in [1.29, 1.82) is 0 Å². The van der Waals surface area contributed by atoms with Crippen molar-refractivity contribution in [2.24, 2.45) is 0 Å². The molecule has 0 bridgehead atoms. The monoisotopic (exact) mass is 361 g/mol. The van der Waals surface area contributed by atoms with Crippen LogP contribution in [0, 0.1) is 0 Å². The van der Waals surface area contributed by atoms with Gasteiger partial charge >= 0.3 is 0 Å². The minimum Gasteiger partial charge on any atom is -0.333 e. The first-order valence-corrected chi connectivity index (χ1v) is 9.18. The fourth-order valence-electron chi connectivity index (χ4n) is 2.23. The quantitative estimate of drug-likeness (QED) is 0.733. The van der Waals surface area contributed by atoms with Crippen molar-refractivity contribution in [3.8, 4) is 0 Å². The lowest BCUT2D eigenvalue weighted by molar-refractivity contribution is 0.581. The normalized spacial score (nSPS) is 11.5. The van der Waals surface area contributed by atoms with Gasteiger partial charge in [-0.2, -0.15) is 0 Å². The number of imidazole rings is 1. The molecule has 0 fully saturated rings. The zero-order valence-corrected chi connectivity index (χ0v) is 14.3. The number of sulfonamides is 1. The van der Waals surface area contributed by atoms with Gasteiger partial charge in [-0.05, 0) is 35.4 Å². The molecule has 0 saturated heterocycles. The summed E-state index contributed by atoms with van der Waals surface area (Å²) in [6, 6.07) is 13.9. The highest BCUT2D eigenvalue weighted by Gasteiger charge is 2.13. The Morgan fingerprint density at radius 1 is 1.00 bits per heavy atom. The molecule has 1 N–H and O–H groups in total. The molecule has 0 spiro atoms. The molecular formula is C17H16ClN3O2S. The van der Waals surface area contributed by atoms with Crippen molar-refractivity contribution in [3.63, 3.8) is 0 Å². The summed E-state index contributed by atoms with van der Waals surface area (Å²) in [5, 5.41) is 0.502. The minimum atomic E-state index is -3.55. The highest BCUT2D eigenvalue weighted by atomic mass is 35.5. The van der Waals surface area contributed by atoms with Gasteiger partial charge in [-0.15, -0.1) is 0 Å². The van der Waals surface area contributed by atoms with Crippen LogP contribution in [-0.4, -0.2) is 18.0 Å². The van der Waals surface area contributed by atoms with E-state index in [-0.39, 0.29) is 11.4 Å². The lowest BCUT2D eigenvalue weighted by Gasteiger charge is -2.08. The molecule has 0 aliphatic carbocycles. The van der Waals surface area contributed by atoms with Crippen molar-refractivity contribution in [2.45, 2.75) is 18.0 Å². The Morgan fingerprint density at radius 2 is 1.67 bits per heavy atom. The second kappa shape index (κ2) is 7.17. The number of aromatic nitrogens is 2. The van der Waals surface area contributed by atoms with Crippen LogP contribution in [0.15, 0.2) is 72.1 Å². The molecule has 0 unspecified atom stereocenters. The Hall–Kier alpha value is -2.15. The summed E-state index contributed by atoms with van der Waals surface area (Å²) in [7, 11) is -3.55. The van der Waals surface area contributed by atoms with E-state index in [0.717, 1.165) is 17.7 Å². The van der Waals surface area contributed by atoms with Crippen LogP contribution in [0.25, 0.3) is 0 Å². The van der Waals surface area contributed by atoms with Gasteiger partial charge in [0, 0.05) is 30.5 Å². The van der Waals surface area contributed by atoms with Gasteiger partial charge in [0.25, 0.3) is 0 Å². The van der Waals surface area contributed by atoms with E-state index in [1.165, 1.54) is 12.1 Å². The van der Waals surface area contributed by atoms with E-state index in [0.29, 0.717) is 5.02 Å². The largest absolute Gasteiger partial charge is 0.333 e. The molecule has 124 valence electrons. The number of rotatable bonds is 6. The van der Waals surface area contributed by atoms with Crippen LogP contribution in [0.4, 0.5) is 0 Å². The maximum atomic E-state index is 12.2. The van der Waals surface area contributed by atoms with E-state index in [4.69, 9.17) is 11.6 Å². The number of hydrogen-bond acceptors (Lipinski definition) is 3. The second-order valence-corrected chi connectivity index (χ2v) is 7.53. The molecule has 0 aliphatic rings. The van der Waals surface area contributed by atoms with Crippen molar-refractivity contribution in [3.05, 3.63) is 83.4 Å². The van der Waals surface area contributed by atoms with Crippen LogP contribution in [0.1, 0.15) is 11.1 Å². The first-order chi connectivity index (χ1) is 11.5. The molecule has 0 saturated carbocycles. The highest BCUT2D eigenvalue weighted by molar-refractivity contribution is 7.89. The van der Waals surface area contributed by atoms with E-state index < -0.39 is 10.0 Å². The predicted molar refractivity (Wildman–Crippen MR) is 93.2 cm³/mol. The molecule has 2 aromatic carbocycles. The van der Waals surface area contributed by atoms with Crippen molar-refractivity contribution in [1.82, 2.24) is 14.3 Å². The SMILES string of the molecule is O=S(=O)(NCc1ccc(Cn2ccnc2)cc1)c1ccc(Cl)cc1. The average Bonchev–Trinajstić information content (AvgIpc) is 3.08. The Morgan fingerprint density at radius 3 is 2.29 bits per heavy atom. The summed E-state index contributed by atoms with van der Waals surface area (Å²) in [5.74, 6) is 0. The van der Waals surface area contributed by atoms with Crippen molar-refractivity contribution < 1.29 is 8.42 Å². The lowest BCUT2D eigenvalue weighted by Crippen LogP contribution is -2.23. The molecule has 0 aliphatic heterocycles. The molecule has 7 heteroatoms. The van der Waals surface area contributed by atoms with E-state index in [2.05, 4.69) is 9.71 Å². The summed E-state index contributed by atoms with van der Waals surface area (Å²) >= 11 is 5.78. The number of halogens is 1. The zero-order chi connectivity index (χ0) is 17.0. The minimum absolute atomic E-state index is 0.198. The maximum absolute atomic E-state index is 12.2.